The van der Waals surface area contributed by atoms with Crippen LogP contribution in [0.1, 0.15) is 42.6 Å². The second-order valence-electron chi connectivity index (χ2n) is 6.69. The third-order valence-corrected chi connectivity index (χ3v) is 5.70. The maximum Gasteiger partial charge on any atom is 0.274 e. The van der Waals surface area contributed by atoms with Gasteiger partial charge in [-0.2, -0.15) is 0 Å². The minimum Gasteiger partial charge on any atom is -0.321 e. The average Bonchev–Trinajstić information content (AvgIpc) is 3.10. The average molecular weight is 380 g/mol. The fourth-order valence-corrected chi connectivity index (χ4v) is 4.17. The van der Waals surface area contributed by atoms with Crippen molar-refractivity contribution in [2.75, 3.05) is 10.6 Å². The van der Waals surface area contributed by atoms with E-state index in [1.807, 2.05) is 18.2 Å². The summed E-state index contributed by atoms with van der Waals surface area (Å²) in [5, 5.41) is 6.39. The third-order valence-electron chi connectivity index (χ3n) is 4.75. The zero-order valence-corrected chi connectivity index (χ0v) is 15.6. The van der Waals surface area contributed by atoms with Gasteiger partial charge in [0.1, 0.15) is 5.69 Å². The molecule has 0 atom stereocenters. The van der Waals surface area contributed by atoms with Crippen molar-refractivity contribution in [3.05, 3.63) is 48.3 Å². The molecule has 3 aromatic rings. The highest BCUT2D eigenvalue weighted by molar-refractivity contribution is 7.22. The van der Waals surface area contributed by atoms with E-state index in [-0.39, 0.29) is 17.7 Å². The minimum atomic E-state index is -0.268. The largest absolute Gasteiger partial charge is 0.321 e. The van der Waals surface area contributed by atoms with Gasteiger partial charge in [0.25, 0.3) is 5.91 Å². The molecule has 4 rings (SSSR count). The van der Waals surface area contributed by atoms with E-state index in [0.717, 1.165) is 35.9 Å². The number of fused-ring (bicyclic) bond motifs is 1. The van der Waals surface area contributed by atoms with Crippen molar-refractivity contribution in [3.8, 4) is 0 Å². The Hall–Kier alpha value is -2.80. The first-order chi connectivity index (χ1) is 13.2. The van der Waals surface area contributed by atoms with Crippen LogP contribution in [0.5, 0.6) is 0 Å². The molecule has 0 unspecified atom stereocenters. The quantitative estimate of drug-likeness (QED) is 0.700. The molecular formula is C20H20N4O2S. The van der Waals surface area contributed by atoms with E-state index in [9.17, 15) is 9.59 Å². The van der Waals surface area contributed by atoms with Crippen molar-refractivity contribution in [3.63, 3.8) is 0 Å². The lowest BCUT2D eigenvalue weighted by atomic mass is 9.89. The van der Waals surface area contributed by atoms with Crippen LogP contribution in [-0.2, 0) is 4.79 Å². The molecule has 1 saturated carbocycles. The second-order valence-corrected chi connectivity index (χ2v) is 7.73. The van der Waals surface area contributed by atoms with Crippen LogP contribution in [0.4, 0.5) is 10.8 Å². The molecule has 1 fully saturated rings. The van der Waals surface area contributed by atoms with E-state index in [2.05, 4.69) is 20.6 Å². The Morgan fingerprint density at radius 1 is 1.04 bits per heavy atom. The normalized spacial score (nSPS) is 14.8. The van der Waals surface area contributed by atoms with Gasteiger partial charge in [-0.1, -0.05) is 36.7 Å². The summed E-state index contributed by atoms with van der Waals surface area (Å²) in [6.45, 7) is 0. The van der Waals surface area contributed by atoms with Crippen LogP contribution >= 0.6 is 11.3 Å². The highest BCUT2D eigenvalue weighted by Gasteiger charge is 2.22. The number of thiazole rings is 1. The second kappa shape index (κ2) is 7.84. The number of carbonyl (C=O) groups excluding carboxylic acids is 2. The van der Waals surface area contributed by atoms with Gasteiger partial charge < -0.3 is 10.6 Å². The van der Waals surface area contributed by atoms with E-state index in [0.29, 0.717) is 16.5 Å². The summed E-state index contributed by atoms with van der Waals surface area (Å²) in [4.78, 5) is 33.2. The number of aromatic nitrogens is 2. The van der Waals surface area contributed by atoms with E-state index in [1.54, 1.807) is 24.4 Å². The van der Waals surface area contributed by atoms with Crippen LogP contribution in [-0.4, -0.2) is 21.8 Å². The first-order valence-corrected chi connectivity index (χ1v) is 9.94. The molecular weight excluding hydrogens is 360 g/mol. The molecule has 0 spiro atoms. The van der Waals surface area contributed by atoms with Gasteiger partial charge in [0, 0.05) is 17.8 Å². The smallest absolute Gasteiger partial charge is 0.274 e. The molecule has 0 bridgehead atoms. The van der Waals surface area contributed by atoms with Gasteiger partial charge in [-0.05, 0) is 43.2 Å². The molecule has 27 heavy (non-hydrogen) atoms. The van der Waals surface area contributed by atoms with E-state index in [4.69, 9.17) is 0 Å². The van der Waals surface area contributed by atoms with Gasteiger partial charge in [0.15, 0.2) is 5.13 Å². The topological polar surface area (TPSA) is 84.0 Å². The predicted molar refractivity (Wildman–Crippen MR) is 107 cm³/mol. The zero-order chi connectivity index (χ0) is 18.6. The molecule has 0 aliphatic heterocycles. The Morgan fingerprint density at radius 2 is 1.89 bits per heavy atom. The molecule has 1 aliphatic rings. The Labute approximate surface area is 161 Å². The standard InChI is InChI=1S/C20H20N4O2S/c25-18(13-6-2-1-3-7-13)24-20-23-16-12-14(9-10-17(16)27-20)22-19(26)15-8-4-5-11-21-15/h4-5,8-13H,1-3,6-7H2,(H,22,26)(H,23,24,25). The van der Waals surface area contributed by atoms with Crippen LogP contribution in [0.3, 0.4) is 0 Å². The van der Waals surface area contributed by atoms with Crippen molar-refractivity contribution in [2.24, 2.45) is 5.92 Å². The summed E-state index contributed by atoms with van der Waals surface area (Å²) in [7, 11) is 0. The number of carbonyl (C=O) groups is 2. The van der Waals surface area contributed by atoms with Crippen LogP contribution < -0.4 is 10.6 Å². The third kappa shape index (κ3) is 4.14. The van der Waals surface area contributed by atoms with Gasteiger partial charge in [0.2, 0.25) is 5.91 Å². The van der Waals surface area contributed by atoms with E-state index in [1.165, 1.54) is 17.8 Å². The van der Waals surface area contributed by atoms with Crippen molar-refractivity contribution < 1.29 is 9.59 Å². The Balaban J connectivity index is 1.46. The highest BCUT2D eigenvalue weighted by Crippen LogP contribution is 2.30. The first kappa shape index (κ1) is 17.6. The number of hydrogen-bond donors (Lipinski definition) is 2. The first-order valence-electron chi connectivity index (χ1n) is 9.13. The van der Waals surface area contributed by atoms with Crippen LogP contribution in [0.15, 0.2) is 42.6 Å². The fourth-order valence-electron chi connectivity index (χ4n) is 3.32. The van der Waals surface area contributed by atoms with Gasteiger partial charge in [0.05, 0.1) is 10.2 Å². The van der Waals surface area contributed by atoms with Gasteiger partial charge in [-0.3, -0.25) is 14.6 Å². The molecule has 138 valence electrons. The number of benzene rings is 1. The Bertz CT molecular complexity index is 965. The molecule has 0 radical (unpaired) electrons. The van der Waals surface area contributed by atoms with Crippen molar-refractivity contribution in [2.45, 2.75) is 32.1 Å². The number of nitrogens with one attached hydrogen (secondary N) is 2. The van der Waals surface area contributed by atoms with Gasteiger partial charge >= 0.3 is 0 Å². The Kier molecular flexibility index (Phi) is 5.11. The summed E-state index contributed by atoms with van der Waals surface area (Å²) >= 11 is 1.45. The lowest BCUT2D eigenvalue weighted by Crippen LogP contribution is -2.24. The molecule has 2 heterocycles. The number of nitrogens with zero attached hydrogens (tertiary/aromatic N) is 2. The molecule has 2 aromatic heterocycles. The summed E-state index contributed by atoms with van der Waals surface area (Å²) in [5.41, 5.74) is 1.75. The summed E-state index contributed by atoms with van der Waals surface area (Å²) in [6, 6.07) is 10.7. The number of amides is 2. The van der Waals surface area contributed by atoms with Crippen LogP contribution in [0, 0.1) is 5.92 Å². The molecule has 2 N–H and O–H groups in total. The monoisotopic (exact) mass is 380 g/mol. The lowest BCUT2D eigenvalue weighted by molar-refractivity contribution is -0.120. The van der Waals surface area contributed by atoms with Crippen molar-refractivity contribution in [1.82, 2.24) is 9.97 Å². The van der Waals surface area contributed by atoms with Crippen LogP contribution in [0.25, 0.3) is 10.2 Å². The van der Waals surface area contributed by atoms with Crippen molar-refractivity contribution >= 4 is 44.2 Å². The summed E-state index contributed by atoms with van der Waals surface area (Å²) in [5.74, 6) is -0.104. The van der Waals surface area contributed by atoms with E-state index >= 15 is 0 Å². The minimum absolute atomic E-state index is 0.0671. The van der Waals surface area contributed by atoms with Crippen LogP contribution in [0.2, 0.25) is 0 Å². The van der Waals surface area contributed by atoms with E-state index < -0.39 is 0 Å². The van der Waals surface area contributed by atoms with Gasteiger partial charge in [-0.15, -0.1) is 0 Å². The molecule has 1 aromatic carbocycles. The number of rotatable bonds is 4. The molecule has 7 heteroatoms. The summed E-state index contributed by atoms with van der Waals surface area (Å²) in [6.07, 6.45) is 6.97. The van der Waals surface area contributed by atoms with Gasteiger partial charge in [-0.25, -0.2) is 4.98 Å². The maximum atomic E-state index is 12.4. The van der Waals surface area contributed by atoms with Crippen molar-refractivity contribution in [1.29, 1.82) is 0 Å². The zero-order valence-electron chi connectivity index (χ0n) is 14.8. The molecule has 0 saturated heterocycles. The number of pyridine rings is 1. The number of anilines is 2. The summed E-state index contributed by atoms with van der Waals surface area (Å²) < 4.78 is 0.963. The molecule has 6 nitrogen and oxygen atoms in total. The Morgan fingerprint density at radius 3 is 2.67 bits per heavy atom. The molecule has 1 aliphatic carbocycles. The highest BCUT2D eigenvalue weighted by atomic mass is 32.1. The predicted octanol–water partition coefficient (Wildman–Crippen LogP) is 4.46. The lowest BCUT2D eigenvalue weighted by Gasteiger charge is -2.19. The SMILES string of the molecule is O=C(Nc1ccc2sc(NC(=O)C3CCCCC3)nc2c1)c1ccccn1. The number of hydrogen-bond acceptors (Lipinski definition) is 5. The molecule has 2 amide bonds. The maximum absolute atomic E-state index is 12.4. The fraction of sp³-hybridized carbons (Fsp3) is 0.300.